The van der Waals surface area contributed by atoms with Crippen molar-refractivity contribution in [2.75, 3.05) is 11.4 Å². The highest BCUT2D eigenvalue weighted by Gasteiger charge is 2.26. The zero-order valence-corrected chi connectivity index (χ0v) is 12.2. The van der Waals surface area contributed by atoms with Crippen LogP contribution in [0.1, 0.15) is 38.2 Å². The summed E-state index contributed by atoms with van der Waals surface area (Å²) in [5, 5.41) is 12.7. The molecule has 0 saturated heterocycles. The van der Waals surface area contributed by atoms with E-state index in [-0.39, 0.29) is 6.04 Å². The number of aryl methyl sites for hydroxylation is 1. The van der Waals surface area contributed by atoms with Crippen LogP contribution >= 0.6 is 0 Å². The van der Waals surface area contributed by atoms with Crippen LogP contribution in [0.5, 0.6) is 0 Å². The molecule has 1 fully saturated rings. The fraction of sp³-hybridized carbons (Fsp3) is 0.588. The molecule has 3 heteroatoms. The summed E-state index contributed by atoms with van der Waals surface area (Å²) >= 11 is 0. The number of hydrogen-bond acceptors (Lipinski definition) is 3. The maximum atomic E-state index is 9.26. The largest absolute Gasteiger partial charge is 0.368 e. The zero-order chi connectivity index (χ0) is 13.9. The molecule has 0 spiro atoms. The summed E-state index contributed by atoms with van der Waals surface area (Å²) in [6.07, 6.45) is 5.77. The Balaban J connectivity index is 1.65. The average molecular weight is 269 g/mol. The van der Waals surface area contributed by atoms with Crippen LogP contribution in [0.4, 0.5) is 5.69 Å². The van der Waals surface area contributed by atoms with E-state index in [4.69, 9.17) is 0 Å². The lowest BCUT2D eigenvalue weighted by Crippen LogP contribution is -2.41. The van der Waals surface area contributed by atoms with Gasteiger partial charge in [-0.1, -0.05) is 18.2 Å². The molecular weight excluding hydrogens is 246 g/mol. The van der Waals surface area contributed by atoms with Gasteiger partial charge < -0.3 is 4.90 Å². The van der Waals surface area contributed by atoms with Crippen LogP contribution in [0, 0.1) is 11.3 Å². The molecule has 1 aliphatic carbocycles. The van der Waals surface area contributed by atoms with Crippen molar-refractivity contribution in [1.82, 2.24) is 5.32 Å². The minimum atomic E-state index is 0.00351. The van der Waals surface area contributed by atoms with Gasteiger partial charge in [0.1, 0.15) is 0 Å². The van der Waals surface area contributed by atoms with Crippen molar-refractivity contribution in [3.8, 4) is 6.07 Å². The Labute approximate surface area is 121 Å². The molecule has 1 aromatic rings. The Bertz CT molecular complexity index is 501. The molecule has 2 atom stereocenters. The fourth-order valence-corrected chi connectivity index (χ4v) is 3.09. The van der Waals surface area contributed by atoms with Crippen molar-refractivity contribution >= 4 is 5.69 Å². The van der Waals surface area contributed by atoms with E-state index in [0.717, 1.165) is 13.0 Å². The molecule has 3 nitrogen and oxygen atoms in total. The normalized spacial score (nSPS) is 23.0. The number of fused-ring (bicyclic) bond motifs is 1. The molecule has 2 aliphatic rings. The fourth-order valence-electron chi connectivity index (χ4n) is 3.09. The van der Waals surface area contributed by atoms with E-state index in [9.17, 15) is 5.26 Å². The van der Waals surface area contributed by atoms with Gasteiger partial charge in [-0.3, -0.25) is 5.32 Å². The van der Waals surface area contributed by atoms with Crippen LogP contribution in [-0.4, -0.2) is 24.7 Å². The van der Waals surface area contributed by atoms with Gasteiger partial charge in [0.15, 0.2) is 0 Å². The third-order valence-electron chi connectivity index (χ3n) is 4.49. The van der Waals surface area contributed by atoms with E-state index in [0.29, 0.717) is 12.1 Å². The van der Waals surface area contributed by atoms with Gasteiger partial charge in [-0.2, -0.15) is 5.26 Å². The summed E-state index contributed by atoms with van der Waals surface area (Å²) in [7, 11) is 0. The molecule has 1 aromatic carbocycles. The standard InChI is InChI=1S/C17H23N3/c1-13-6-7-14-4-2-3-5-17(14)20(13)11-10-16(12-18)19-15-8-9-15/h2-5,13,15-16,19H,6-11H2,1H3. The molecule has 1 saturated carbocycles. The molecule has 2 unspecified atom stereocenters. The summed E-state index contributed by atoms with van der Waals surface area (Å²) < 4.78 is 0. The van der Waals surface area contributed by atoms with Gasteiger partial charge in [0, 0.05) is 24.3 Å². The van der Waals surface area contributed by atoms with Crippen LogP contribution in [0.3, 0.4) is 0 Å². The molecule has 1 heterocycles. The van der Waals surface area contributed by atoms with Gasteiger partial charge in [0.2, 0.25) is 0 Å². The van der Waals surface area contributed by atoms with Crippen LogP contribution in [-0.2, 0) is 6.42 Å². The second-order valence-electron chi connectivity index (χ2n) is 6.12. The first kappa shape index (κ1) is 13.5. The highest BCUT2D eigenvalue weighted by molar-refractivity contribution is 5.56. The average Bonchev–Trinajstić information content (AvgIpc) is 3.29. The molecule has 1 N–H and O–H groups in total. The van der Waals surface area contributed by atoms with Gasteiger partial charge in [-0.15, -0.1) is 0 Å². The molecular formula is C17H23N3. The molecule has 1 aliphatic heterocycles. The Morgan fingerprint density at radius 3 is 2.90 bits per heavy atom. The highest BCUT2D eigenvalue weighted by atomic mass is 15.2. The van der Waals surface area contributed by atoms with Crippen molar-refractivity contribution in [3.05, 3.63) is 29.8 Å². The van der Waals surface area contributed by atoms with Crippen molar-refractivity contribution < 1.29 is 0 Å². The summed E-state index contributed by atoms with van der Waals surface area (Å²) in [6.45, 7) is 3.27. The van der Waals surface area contributed by atoms with Crippen LogP contribution < -0.4 is 10.2 Å². The van der Waals surface area contributed by atoms with Gasteiger partial charge in [-0.05, 0) is 50.7 Å². The smallest absolute Gasteiger partial charge is 0.0972 e. The number of nitriles is 1. The molecule has 20 heavy (non-hydrogen) atoms. The maximum Gasteiger partial charge on any atom is 0.0972 e. The lowest BCUT2D eigenvalue weighted by atomic mass is 9.96. The van der Waals surface area contributed by atoms with Gasteiger partial charge in [0.25, 0.3) is 0 Å². The molecule has 0 aromatic heterocycles. The minimum Gasteiger partial charge on any atom is -0.368 e. The molecule has 106 valence electrons. The topological polar surface area (TPSA) is 39.1 Å². The summed E-state index contributed by atoms with van der Waals surface area (Å²) in [5.41, 5.74) is 2.82. The second kappa shape index (κ2) is 5.85. The first-order valence-electron chi connectivity index (χ1n) is 7.78. The Hall–Kier alpha value is -1.53. The Morgan fingerprint density at radius 1 is 1.35 bits per heavy atom. The maximum absolute atomic E-state index is 9.26. The number of nitrogens with one attached hydrogen (secondary N) is 1. The van der Waals surface area contributed by atoms with E-state index in [1.807, 2.05) is 0 Å². The van der Waals surface area contributed by atoms with Crippen LogP contribution in [0.15, 0.2) is 24.3 Å². The highest BCUT2D eigenvalue weighted by Crippen LogP contribution is 2.30. The van der Waals surface area contributed by atoms with Crippen LogP contribution in [0.2, 0.25) is 0 Å². The first-order valence-corrected chi connectivity index (χ1v) is 7.78. The van der Waals surface area contributed by atoms with Crippen molar-refractivity contribution in [3.63, 3.8) is 0 Å². The number of nitrogens with zero attached hydrogens (tertiary/aromatic N) is 2. The number of anilines is 1. The van der Waals surface area contributed by atoms with Crippen molar-refractivity contribution in [2.24, 2.45) is 0 Å². The van der Waals surface area contributed by atoms with E-state index < -0.39 is 0 Å². The predicted octanol–water partition coefficient (Wildman–Crippen LogP) is 2.86. The van der Waals surface area contributed by atoms with Gasteiger partial charge >= 0.3 is 0 Å². The first-order chi connectivity index (χ1) is 9.78. The quantitative estimate of drug-likeness (QED) is 0.893. The SMILES string of the molecule is CC1CCc2ccccc2N1CCC(C#N)NC1CC1. The molecule has 3 rings (SSSR count). The van der Waals surface area contributed by atoms with Crippen molar-refractivity contribution in [2.45, 2.75) is 57.2 Å². The number of para-hydroxylation sites is 1. The summed E-state index contributed by atoms with van der Waals surface area (Å²) in [4.78, 5) is 2.48. The monoisotopic (exact) mass is 269 g/mol. The molecule has 0 bridgehead atoms. The number of benzene rings is 1. The lowest BCUT2D eigenvalue weighted by molar-refractivity contribution is 0.509. The van der Waals surface area contributed by atoms with Crippen LogP contribution in [0.25, 0.3) is 0 Å². The summed E-state index contributed by atoms with van der Waals surface area (Å²) in [5.74, 6) is 0. The predicted molar refractivity (Wildman–Crippen MR) is 81.7 cm³/mol. The molecule has 0 radical (unpaired) electrons. The zero-order valence-electron chi connectivity index (χ0n) is 12.2. The van der Waals surface area contributed by atoms with E-state index >= 15 is 0 Å². The number of hydrogen-bond donors (Lipinski definition) is 1. The van der Waals surface area contributed by atoms with E-state index in [2.05, 4.69) is 47.5 Å². The number of rotatable bonds is 5. The van der Waals surface area contributed by atoms with E-state index in [1.165, 1.54) is 36.9 Å². The second-order valence-corrected chi connectivity index (χ2v) is 6.12. The minimum absolute atomic E-state index is 0.00351. The Morgan fingerprint density at radius 2 is 2.15 bits per heavy atom. The summed E-state index contributed by atoms with van der Waals surface area (Å²) in [6, 6.07) is 12.3. The third-order valence-corrected chi connectivity index (χ3v) is 4.49. The van der Waals surface area contributed by atoms with Gasteiger partial charge in [-0.25, -0.2) is 0 Å². The van der Waals surface area contributed by atoms with Gasteiger partial charge in [0.05, 0.1) is 12.1 Å². The Kier molecular flexibility index (Phi) is 3.93. The molecule has 0 amide bonds. The van der Waals surface area contributed by atoms with Crippen molar-refractivity contribution in [1.29, 1.82) is 5.26 Å². The third kappa shape index (κ3) is 2.96. The lowest BCUT2D eigenvalue weighted by Gasteiger charge is -2.37. The van der Waals surface area contributed by atoms with E-state index in [1.54, 1.807) is 0 Å².